The summed E-state index contributed by atoms with van der Waals surface area (Å²) in [4.78, 5) is 0. The molecule has 0 bridgehead atoms. The Morgan fingerprint density at radius 2 is 1.00 bits per heavy atom. The summed E-state index contributed by atoms with van der Waals surface area (Å²) in [6, 6.07) is 0. The van der Waals surface area contributed by atoms with Crippen LogP contribution < -0.4 is 5.73 Å². The van der Waals surface area contributed by atoms with Crippen LogP contribution in [-0.2, 0) is 0 Å². The molecule has 0 aliphatic heterocycles. The van der Waals surface area contributed by atoms with Gasteiger partial charge in [0.15, 0.2) is 0 Å². The van der Waals surface area contributed by atoms with E-state index in [1.807, 2.05) is 0 Å². The van der Waals surface area contributed by atoms with Gasteiger partial charge in [0.05, 0.1) is 0 Å². The molecule has 0 aromatic heterocycles. The van der Waals surface area contributed by atoms with Gasteiger partial charge in [0.1, 0.15) is 0 Å². The van der Waals surface area contributed by atoms with Gasteiger partial charge in [0.25, 0.3) is 0 Å². The first-order chi connectivity index (χ1) is 9.41. The van der Waals surface area contributed by atoms with E-state index in [0.717, 1.165) is 13.0 Å². The van der Waals surface area contributed by atoms with E-state index in [0.29, 0.717) is 0 Å². The standard InChI is InChI=1S/C18H37N/c1-2-3-4-5-6-7-8-9-10-11-12-13-14-15-16-17-18-19/h15-16H,2-14,17-19H2,1H3/b16-15+. The van der Waals surface area contributed by atoms with Crippen LogP contribution in [0.2, 0.25) is 0 Å². The third kappa shape index (κ3) is 17.7. The van der Waals surface area contributed by atoms with Crippen molar-refractivity contribution in [2.75, 3.05) is 6.54 Å². The Labute approximate surface area is 122 Å². The molecule has 0 aromatic carbocycles. The molecule has 0 aromatic rings. The van der Waals surface area contributed by atoms with Crippen molar-refractivity contribution in [3.05, 3.63) is 12.2 Å². The lowest BCUT2D eigenvalue weighted by atomic mass is 10.0. The van der Waals surface area contributed by atoms with Gasteiger partial charge in [-0.15, -0.1) is 0 Å². The Morgan fingerprint density at radius 3 is 1.47 bits per heavy atom. The minimum absolute atomic E-state index is 0.787. The van der Waals surface area contributed by atoms with E-state index in [1.54, 1.807) is 0 Å². The monoisotopic (exact) mass is 267 g/mol. The molecule has 2 N–H and O–H groups in total. The third-order valence-corrected chi connectivity index (χ3v) is 3.72. The van der Waals surface area contributed by atoms with Crippen molar-refractivity contribution in [3.8, 4) is 0 Å². The lowest BCUT2D eigenvalue weighted by Crippen LogP contribution is -1.94. The molecule has 114 valence electrons. The molecule has 0 saturated heterocycles. The number of nitrogens with two attached hydrogens (primary N) is 1. The van der Waals surface area contributed by atoms with Crippen molar-refractivity contribution in [1.82, 2.24) is 0 Å². The molecule has 0 amide bonds. The molecule has 19 heavy (non-hydrogen) atoms. The molecule has 0 heterocycles. The van der Waals surface area contributed by atoms with Gasteiger partial charge in [0.2, 0.25) is 0 Å². The second kappa shape index (κ2) is 17.7. The van der Waals surface area contributed by atoms with E-state index >= 15 is 0 Å². The highest BCUT2D eigenvalue weighted by molar-refractivity contribution is 4.81. The fourth-order valence-corrected chi connectivity index (χ4v) is 2.44. The maximum absolute atomic E-state index is 5.43. The van der Waals surface area contributed by atoms with Crippen molar-refractivity contribution in [3.63, 3.8) is 0 Å². The van der Waals surface area contributed by atoms with E-state index in [4.69, 9.17) is 5.73 Å². The molecular formula is C18H37N. The third-order valence-electron chi connectivity index (χ3n) is 3.72. The largest absolute Gasteiger partial charge is 0.330 e. The van der Waals surface area contributed by atoms with Gasteiger partial charge in [-0.2, -0.15) is 0 Å². The Morgan fingerprint density at radius 1 is 0.579 bits per heavy atom. The zero-order chi connectivity index (χ0) is 14.0. The van der Waals surface area contributed by atoms with Crippen LogP contribution in [0.1, 0.15) is 96.8 Å². The lowest BCUT2D eigenvalue weighted by Gasteiger charge is -2.02. The van der Waals surface area contributed by atoms with Crippen molar-refractivity contribution < 1.29 is 0 Å². The van der Waals surface area contributed by atoms with E-state index in [9.17, 15) is 0 Å². The Bertz CT molecular complexity index is 175. The van der Waals surface area contributed by atoms with Crippen molar-refractivity contribution in [1.29, 1.82) is 0 Å². The molecular weight excluding hydrogens is 230 g/mol. The minimum Gasteiger partial charge on any atom is -0.330 e. The van der Waals surface area contributed by atoms with Crippen molar-refractivity contribution in [2.24, 2.45) is 5.73 Å². The van der Waals surface area contributed by atoms with Gasteiger partial charge < -0.3 is 5.73 Å². The van der Waals surface area contributed by atoms with E-state index in [2.05, 4.69) is 19.1 Å². The molecule has 0 fully saturated rings. The molecule has 1 nitrogen and oxygen atoms in total. The topological polar surface area (TPSA) is 26.0 Å². The van der Waals surface area contributed by atoms with Crippen LogP contribution in [0.15, 0.2) is 12.2 Å². The number of hydrogen-bond acceptors (Lipinski definition) is 1. The maximum atomic E-state index is 5.43. The summed E-state index contributed by atoms with van der Waals surface area (Å²) >= 11 is 0. The summed E-state index contributed by atoms with van der Waals surface area (Å²) in [6.45, 7) is 3.07. The predicted molar refractivity (Wildman–Crippen MR) is 88.5 cm³/mol. The summed E-state index contributed by atoms with van der Waals surface area (Å²) in [7, 11) is 0. The van der Waals surface area contributed by atoms with Crippen LogP contribution in [0.25, 0.3) is 0 Å². The molecule has 0 radical (unpaired) electrons. The fraction of sp³-hybridized carbons (Fsp3) is 0.889. The van der Waals surface area contributed by atoms with Gasteiger partial charge in [-0.1, -0.05) is 89.7 Å². The second-order valence-electron chi connectivity index (χ2n) is 5.73. The zero-order valence-electron chi connectivity index (χ0n) is 13.3. The van der Waals surface area contributed by atoms with Crippen LogP contribution in [0.4, 0.5) is 0 Å². The van der Waals surface area contributed by atoms with Crippen LogP contribution >= 0.6 is 0 Å². The molecule has 0 spiro atoms. The van der Waals surface area contributed by atoms with E-state index in [1.165, 1.54) is 83.5 Å². The normalized spacial score (nSPS) is 11.5. The van der Waals surface area contributed by atoms with E-state index < -0.39 is 0 Å². The molecule has 1 heteroatoms. The Kier molecular flexibility index (Phi) is 17.4. The molecule has 0 unspecified atom stereocenters. The predicted octanol–water partition coefficient (Wildman–Crippen LogP) is 5.98. The summed E-state index contributed by atoms with van der Waals surface area (Å²) in [5, 5.41) is 0. The zero-order valence-corrected chi connectivity index (χ0v) is 13.3. The van der Waals surface area contributed by atoms with Crippen molar-refractivity contribution in [2.45, 2.75) is 96.8 Å². The van der Waals surface area contributed by atoms with Crippen LogP contribution in [-0.4, -0.2) is 6.54 Å². The number of allylic oxidation sites excluding steroid dienone is 1. The molecule has 0 saturated carbocycles. The summed E-state index contributed by atoms with van der Waals surface area (Å²) in [6.07, 6.45) is 24.0. The average Bonchev–Trinajstić information content (AvgIpc) is 2.43. The number of rotatable bonds is 15. The Hall–Kier alpha value is -0.300. The van der Waals surface area contributed by atoms with Crippen LogP contribution in [0, 0.1) is 0 Å². The average molecular weight is 268 g/mol. The quantitative estimate of drug-likeness (QED) is 0.286. The first-order valence-corrected chi connectivity index (χ1v) is 8.77. The highest BCUT2D eigenvalue weighted by Gasteiger charge is 1.92. The number of unbranched alkanes of at least 4 members (excludes halogenated alkanes) is 12. The first kappa shape index (κ1) is 18.7. The summed E-state index contributed by atoms with van der Waals surface area (Å²) in [5.41, 5.74) is 5.43. The minimum atomic E-state index is 0.787. The smallest absolute Gasteiger partial charge is 0.00426 e. The van der Waals surface area contributed by atoms with Gasteiger partial charge in [-0.3, -0.25) is 0 Å². The fourth-order valence-electron chi connectivity index (χ4n) is 2.44. The highest BCUT2D eigenvalue weighted by atomic mass is 14.5. The van der Waals surface area contributed by atoms with Crippen LogP contribution in [0.5, 0.6) is 0 Å². The SMILES string of the molecule is CCCCCCCCCCCCCC/C=C/CCN. The molecule has 0 aliphatic rings. The molecule has 0 atom stereocenters. The van der Waals surface area contributed by atoms with Gasteiger partial charge >= 0.3 is 0 Å². The Balaban J connectivity index is 2.95. The van der Waals surface area contributed by atoms with Gasteiger partial charge in [0, 0.05) is 0 Å². The van der Waals surface area contributed by atoms with Gasteiger partial charge in [-0.05, 0) is 25.8 Å². The highest BCUT2D eigenvalue weighted by Crippen LogP contribution is 2.12. The van der Waals surface area contributed by atoms with Gasteiger partial charge in [-0.25, -0.2) is 0 Å². The van der Waals surface area contributed by atoms with E-state index in [-0.39, 0.29) is 0 Å². The molecule has 0 rings (SSSR count). The molecule has 0 aliphatic carbocycles. The first-order valence-electron chi connectivity index (χ1n) is 8.77. The summed E-state index contributed by atoms with van der Waals surface area (Å²) < 4.78 is 0. The lowest BCUT2D eigenvalue weighted by molar-refractivity contribution is 0.545. The second-order valence-corrected chi connectivity index (χ2v) is 5.73. The van der Waals surface area contributed by atoms with Crippen molar-refractivity contribution >= 4 is 0 Å². The summed E-state index contributed by atoms with van der Waals surface area (Å²) in [5.74, 6) is 0. The maximum Gasteiger partial charge on any atom is -0.00426 e. The van der Waals surface area contributed by atoms with Crippen LogP contribution in [0.3, 0.4) is 0 Å². The number of hydrogen-bond donors (Lipinski definition) is 1.